The molecule has 3 rings (SSSR count). The normalized spacial score (nSPS) is 15.0. The summed E-state index contributed by atoms with van der Waals surface area (Å²) in [6.07, 6.45) is 6.41. The first kappa shape index (κ1) is 17.5. The van der Waals surface area contributed by atoms with E-state index in [4.69, 9.17) is 9.97 Å². The fourth-order valence-corrected chi connectivity index (χ4v) is 3.29. The van der Waals surface area contributed by atoms with Crippen molar-refractivity contribution in [3.63, 3.8) is 0 Å². The molecule has 0 spiro atoms. The van der Waals surface area contributed by atoms with Crippen LogP contribution in [0.15, 0.2) is 30.3 Å². The van der Waals surface area contributed by atoms with Crippen LogP contribution in [0, 0.1) is 6.92 Å². The summed E-state index contributed by atoms with van der Waals surface area (Å²) in [5.41, 5.74) is 2.29. The second-order valence-corrected chi connectivity index (χ2v) is 7.20. The average Bonchev–Trinajstić information content (AvgIpc) is 2.63. The van der Waals surface area contributed by atoms with E-state index in [2.05, 4.69) is 48.5 Å². The van der Waals surface area contributed by atoms with Gasteiger partial charge in [0, 0.05) is 38.9 Å². The molecular formula is C20H29N5. The van der Waals surface area contributed by atoms with Crippen molar-refractivity contribution in [2.45, 2.75) is 45.1 Å². The highest BCUT2D eigenvalue weighted by Crippen LogP contribution is 2.27. The van der Waals surface area contributed by atoms with E-state index in [0.717, 1.165) is 23.3 Å². The number of hydrogen-bond donors (Lipinski definition) is 1. The molecular weight excluding hydrogens is 310 g/mol. The van der Waals surface area contributed by atoms with Gasteiger partial charge in [-0.1, -0.05) is 37.0 Å². The number of nitrogens with zero attached hydrogens (tertiary/aromatic N) is 4. The Hall–Kier alpha value is -2.30. The Labute approximate surface area is 151 Å². The molecule has 0 saturated heterocycles. The molecule has 0 bridgehead atoms. The molecule has 1 fully saturated rings. The standard InChI is InChI=1S/C20H29N5/c1-15-10-12-16(13-11-15)21-18-14-19(24(2)3)23-20(22-18)25(4)17-8-6-5-7-9-17/h10-14,17H,5-9H2,1-4H3,(H,21,22,23). The second-order valence-electron chi connectivity index (χ2n) is 7.20. The van der Waals surface area contributed by atoms with Gasteiger partial charge in [-0.15, -0.1) is 0 Å². The highest BCUT2D eigenvalue weighted by atomic mass is 15.3. The highest BCUT2D eigenvalue weighted by Gasteiger charge is 2.21. The van der Waals surface area contributed by atoms with Crippen molar-refractivity contribution in [1.82, 2.24) is 9.97 Å². The van der Waals surface area contributed by atoms with Crippen LogP contribution in [-0.2, 0) is 0 Å². The van der Waals surface area contributed by atoms with Crippen LogP contribution in [0.25, 0.3) is 0 Å². The van der Waals surface area contributed by atoms with Crippen LogP contribution in [0.4, 0.5) is 23.3 Å². The number of anilines is 4. The number of nitrogens with one attached hydrogen (secondary N) is 1. The lowest BCUT2D eigenvalue weighted by Crippen LogP contribution is -2.35. The maximum atomic E-state index is 4.79. The van der Waals surface area contributed by atoms with Gasteiger partial charge >= 0.3 is 0 Å². The van der Waals surface area contributed by atoms with Gasteiger partial charge in [0.25, 0.3) is 0 Å². The van der Waals surface area contributed by atoms with E-state index in [1.54, 1.807) is 0 Å². The van der Waals surface area contributed by atoms with E-state index in [1.807, 2.05) is 25.1 Å². The lowest BCUT2D eigenvalue weighted by atomic mass is 9.95. The van der Waals surface area contributed by atoms with Crippen LogP contribution in [0.2, 0.25) is 0 Å². The molecule has 0 aliphatic heterocycles. The molecule has 1 aromatic heterocycles. The first-order valence-corrected chi connectivity index (χ1v) is 9.16. The van der Waals surface area contributed by atoms with Crippen LogP contribution >= 0.6 is 0 Å². The number of benzene rings is 1. The summed E-state index contributed by atoms with van der Waals surface area (Å²) in [4.78, 5) is 13.8. The van der Waals surface area contributed by atoms with Gasteiger partial charge in [-0.2, -0.15) is 9.97 Å². The second kappa shape index (κ2) is 7.72. The van der Waals surface area contributed by atoms with Crippen LogP contribution in [0.1, 0.15) is 37.7 Å². The Kier molecular flexibility index (Phi) is 5.41. The van der Waals surface area contributed by atoms with Crippen molar-refractivity contribution >= 4 is 23.3 Å². The Morgan fingerprint density at radius 2 is 1.64 bits per heavy atom. The summed E-state index contributed by atoms with van der Waals surface area (Å²) in [6.45, 7) is 2.09. The summed E-state index contributed by atoms with van der Waals surface area (Å²) in [5, 5.41) is 3.42. The fourth-order valence-electron chi connectivity index (χ4n) is 3.29. The summed E-state index contributed by atoms with van der Waals surface area (Å²) < 4.78 is 0. The first-order valence-electron chi connectivity index (χ1n) is 9.16. The molecule has 0 unspecified atom stereocenters. The minimum atomic E-state index is 0.540. The van der Waals surface area contributed by atoms with Gasteiger partial charge in [-0.05, 0) is 31.9 Å². The Bertz CT molecular complexity index is 690. The van der Waals surface area contributed by atoms with Crippen LogP contribution in [0.3, 0.4) is 0 Å². The smallest absolute Gasteiger partial charge is 0.229 e. The number of hydrogen-bond acceptors (Lipinski definition) is 5. The van der Waals surface area contributed by atoms with E-state index in [-0.39, 0.29) is 0 Å². The van der Waals surface area contributed by atoms with Crippen molar-refractivity contribution in [1.29, 1.82) is 0 Å². The molecule has 1 aromatic carbocycles. The van der Waals surface area contributed by atoms with Gasteiger partial charge in [-0.3, -0.25) is 0 Å². The third-order valence-electron chi connectivity index (χ3n) is 4.92. The van der Waals surface area contributed by atoms with Crippen molar-refractivity contribution in [2.24, 2.45) is 0 Å². The van der Waals surface area contributed by atoms with E-state index >= 15 is 0 Å². The van der Waals surface area contributed by atoms with Gasteiger partial charge < -0.3 is 15.1 Å². The zero-order chi connectivity index (χ0) is 17.8. The van der Waals surface area contributed by atoms with Gasteiger partial charge in [0.2, 0.25) is 5.95 Å². The summed E-state index contributed by atoms with van der Waals surface area (Å²) >= 11 is 0. The van der Waals surface area contributed by atoms with Crippen molar-refractivity contribution < 1.29 is 0 Å². The molecule has 2 aromatic rings. The Morgan fingerprint density at radius 1 is 0.960 bits per heavy atom. The summed E-state index contributed by atoms with van der Waals surface area (Å²) in [5.74, 6) is 2.55. The molecule has 1 N–H and O–H groups in total. The zero-order valence-corrected chi connectivity index (χ0v) is 15.8. The minimum absolute atomic E-state index is 0.540. The van der Waals surface area contributed by atoms with Crippen LogP contribution in [-0.4, -0.2) is 37.2 Å². The number of rotatable bonds is 5. The SMILES string of the molecule is Cc1ccc(Nc2cc(N(C)C)nc(N(C)C3CCCCC3)n2)cc1. The maximum absolute atomic E-state index is 4.79. The van der Waals surface area contributed by atoms with Crippen molar-refractivity contribution in [3.05, 3.63) is 35.9 Å². The first-order chi connectivity index (χ1) is 12.0. The van der Waals surface area contributed by atoms with Gasteiger partial charge in [0.05, 0.1) is 0 Å². The molecule has 0 amide bonds. The molecule has 1 aliphatic rings. The highest BCUT2D eigenvalue weighted by molar-refractivity contribution is 5.62. The summed E-state index contributed by atoms with van der Waals surface area (Å²) in [6, 6.07) is 10.9. The molecule has 0 atom stereocenters. The molecule has 5 nitrogen and oxygen atoms in total. The topological polar surface area (TPSA) is 44.3 Å². The molecule has 1 heterocycles. The van der Waals surface area contributed by atoms with E-state index in [1.165, 1.54) is 37.7 Å². The average molecular weight is 339 g/mol. The van der Waals surface area contributed by atoms with E-state index < -0.39 is 0 Å². The van der Waals surface area contributed by atoms with Crippen LogP contribution < -0.4 is 15.1 Å². The molecule has 0 radical (unpaired) electrons. The summed E-state index contributed by atoms with van der Waals surface area (Å²) in [7, 11) is 6.16. The largest absolute Gasteiger partial charge is 0.363 e. The van der Waals surface area contributed by atoms with Gasteiger partial charge in [0.1, 0.15) is 11.6 Å². The predicted octanol–water partition coefficient (Wildman–Crippen LogP) is 4.36. The molecule has 1 saturated carbocycles. The fraction of sp³-hybridized carbons (Fsp3) is 0.500. The van der Waals surface area contributed by atoms with E-state index in [9.17, 15) is 0 Å². The van der Waals surface area contributed by atoms with Gasteiger partial charge in [-0.25, -0.2) is 0 Å². The third-order valence-corrected chi connectivity index (χ3v) is 4.92. The van der Waals surface area contributed by atoms with Crippen LogP contribution in [0.5, 0.6) is 0 Å². The quantitative estimate of drug-likeness (QED) is 0.876. The predicted molar refractivity (Wildman–Crippen MR) is 106 cm³/mol. The zero-order valence-electron chi connectivity index (χ0n) is 15.8. The molecule has 1 aliphatic carbocycles. The Morgan fingerprint density at radius 3 is 2.28 bits per heavy atom. The van der Waals surface area contributed by atoms with E-state index in [0.29, 0.717) is 6.04 Å². The molecule has 5 heteroatoms. The number of aromatic nitrogens is 2. The maximum Gasteiger partial charge on any atom is 0.229 e. The van der Waals surface area contributed by atoms with Crippen molar-refractivity contribution in [2.75, 3.05) is 36.3 Å². The molecule has 134 valence electrons. The Balaban J connectivity index is 1.87. The number of aryl methyl sites for hydroxylation is 1. The molecule has 25 heavy (non-hydrogen) atoms. The minimum Gasteiger partial charge on any atom is -0.363 e. The lowest BCUT2D eigenvalue weighted by molar-refractivity contribution is 0.424. The van der Waals surface area contributed by atoms with Gasteiger partial charge in [0.15, 0.2) is 0 Å². The third kappa shape index (κ3) is 4.41. The van der Waals surface area contributed by atoms with Crippen molar-refractivity contribution in [3.8, 4) is 0 Å². The lowest BCUT2D eigenvalue weighted by Gasteiger charge is -2.31. The monoisotopic (exact) mass is 339 g/mol.